The molecule has 5 heteroatoms. The molecule has 0 bridgehead atoms. The first kappa shape index (κ1) is 15.5. The van der Waals surface area contributed by atoms with E-state index in [-0.39, 0.29) is 6.03 Å². The van der Waals surface area contributed by atoms with Crippen molar-refractivity contribution in [2.75, 3.05) is 11.9 Å². The third-order valence-electron chi connectivity index (χ3n) is 3.18. The molecule has 0 saturated carbocycles. The lowest BCUT2D eigenvalue weighted by molar-refractivity contribution is 0.252. The van der Waals surface area contributed by atoms with Crippen molar-refractivity contribution in [1.29, 1.82) is 0 Å². The van der Waals surface area contributed by atoms with Crippen molar-refractivity contribution in [2.24, 2.45) is 0 Å². The van der Waals surface area contributed by atoms with E-state index in [4.69, 9.17) is 0 Å². The van der Waals surface area contributed by atoms with Gasteiger partial charge in [-0.05, 0) is 42.6 Å². The van der Waals surface area contributed by atoms with Crippen molar-refractivity contribution in [3.05, 3.63) is 52.2 Å². The van der Waals surface area contributed by atoms with E-state index in [0.29, 0.717) is 12.6 Å². The van der Waals surface area contributed by atoms with Crippen LogP contribution in [0.2, 0.25) is 0 Å². The van der Waals surface area contributed by atoms with Crippen LogP contribution < -0.4 is 16.0 Å². The Kier molecular flexibility index (Phi) is 5.78. The smallest absolute Gasteiger partial charge is 0.319 e. The number of carbonyl (C=O) groups is 1. The SMILES string of the molecule is CCNC(C)c1ccc(NC(=O)NCc2cccs2)cc1. The Labute approximate surface area is 129 Å². The lowest BCUT2D eigenvalue weighted by Crippen LogP contribution is -2.27. The number of carbonyl (C=O) groups excluding carboxylic acids is 1. The molecule has 21 heavy (non-hydrogen) atoms. The van der Waals surface area contributed by atoms with Gasteiger partial charge in [-0.2, -0.15) is 0 Å². The van der Waals surface area contributed by atoms with E-state index < -0.39 is 0 Å². The molecule has 0 aliphatic carbocycles. The molecule has 1 heterocycles. The predicted molar refractivity (Wildman–Crippen MR) is 88.7 cm³/mol. The monoisotopic (exact) mass is 303 g/mol. The average molecular weight is 303 g/mol. The van der Waals surface area contributed by atoms with Crippen molar-refractivity contribution in [3.8, 4) is 0 Å². The second-order valence-electron chi connectivity index (χ2n) is 4.79. The third-order valence-corrected chi connectivity index (χ3v) is 4.06. The normalized spacial score (nSPS) is 11.9. The van der Waals surface area contributed by atoms with Gasteiger partial charge in [0.15, 0.2) is 0 Å². The summed E-state index contributed by atoms with van der Waals surface area (Å²) < 4.78 is 0. The summed E-state index contributed by atoms with van der Waals surface area (Å²) in [5, 5.41) is 11.0. The molecule has 0 fully saturated rings. The highest BCUT2D eigenvalue weighted by Crippen LogP contribution is 2.16. The van der Waals surface area contributed by atoms with E-state index in [2.05, 4.69) is 29.8 Å². The van der Waals surface area contributed by atoms with E-state index in [9.17, 15) is 4.79 Å². The maximum Gasteiger partial charge on any atom is 0.319 e. The number of benzene rings is 1. The summed E-state index contributed by atoms with van der Waals surface area (Å²) in [5.74, 6) is 0. The van der Waals surface area contributed by atoms with E-state index in [1.807, 2.05) is 41.8 Å². The maximum absolute atomic E-state index is 11.8. The van der Waals surface area contributed by atoms with Gasteiger partial charge in [-0.15, -0.1) is 11.3 Å². The molecule has 1 aromatic carbocycles. The highest BCUT2D eigenvalue weighted by Gasteiger charge is 2.05. The zero-order valence-corrected chi connectivity index (χ0v) is 13.2. The van der Waals surface area contributed by atoms with Crippen LogP contribution in [0.1, 0.15) is 30.3 Å². The Morgan fingerprint density at radius 2 is 2.00 bits per heavy atom. The molecule has 0 aliphatic heterocycles. The Bertz CT molecular complexity index is 551. The Morgan fingerprint density at radius 3 is 2.62 bits per heavy atom. The van der Waals surface area contributed by atoms with Gasteiger partial charge in [0.1, 0.15) is 0 Å². The minimum Gasteiger partial charge on any atom is -0.333 e. The molecule has 2 aromatic rings. The van der Waals surface area contributed by atoms with Gasteiger partial charge in [0.05, 0.1) is 6.54 Å². The van der Waals surface area contributed by atoms with Gasteiger partial charge >= 0.3 is 6.03 Å². The first-order valence-corrected chi connectivity index (χ1v) is 7.97. The van der Waals surface area contributed by atoms with Crippen LogP contribution in [0, 0.1) is 0 Å². The quantitative estimate of drug-likeness (QED) is 0.761. The molecule has 1 aromatic heterocycles. The van der Waals surface area contributed by atoms with Crippen LogP contribution in [0.4, 0.5) is 10.5 Å². The van der Waals surface area contributed by atoms with Crippen LogP contribution in [0.3, 0.4) is 0 Å². The lowest BCUT2D eigenvalue weighted by atomic mass is 10.1. The fourth-order valence-corrected chi connectivity index (χ4v) is 2.68. The summed E-state index contributed by atoms with van der Waals surface area (Å²) in [6.07, 6.45) is 0. The number of hydrogen-bond donors (Lipinski definition) is 3. The Balaban J connectivity index is 1.83. The van der Waals surface area contributed by atoms with Gasteiger partial charge in [-0.1, -0.05) is 25.1 Å². The predicted octanol–water partition coefficient (Wildman–Crippen LogP) is 3.74. The van der Waals surface area contributed by atoms with Crippen LogP contribution >= 0.6 is 11.3 Å². The summed E-state index contributed by atoms with van der Waals surface area (Å²) in [6.45, 7) is 5.70. The molecule has 0 saturated heterocycles. The number of rotatable bonds is 6. The van der Waals surface area contributed by atoms with E-state index in [1.165, 1.54) is 5.56 Å². The number of thiophene rings is 1. The van der Waals surface area contributed by atoms with Crippen molar-refractivity contribution in [2.45, 2.75) is 26.4 Å². The number of hydrogen-bond acceptors (Lipinski definition) is 3. The molecule has 1 atom stereocenters. The summed E-state index contributed by atoms with van der Waals surface area (Å²) in [5.41, 5.74) is 2.01. The van der Waals surface area contributed by atoms with Crippen LogP contribution in [-0.4, -0.2) is 12.6 Å². The molecule has 2 rings (SSSR count). The van der Waals surface area contributed by atoms with E-state index in [0.717, 1.165) is 17.1 Å². The Morgan fingerprint density at radius 1 is 1.24 bits per heavy atom. The van der Waals surface area contributed by atoms with Crippen molar-refractivity contribution >= 4 is 23.1 Å². The first-order chi connectivity index (χ1) is 10.2. The minimum atomic E-state index is -0.184. The van der Waals surface area contributed by atoms with Gasteiger partial charge < -0.3 is 16.0 Å². The maximum atomic E-state index is 11.8. The first-order valence-electron chi connectivity index (χ1n) is 7.09. The molecule has 1 unspecified atom stereocenters. The number of amides is 2. The second kappa shape index (κ2) is 7.81. The van der Waals surface area contributed by atoms with Crippen LogP contribution in [0.25, 0.3) is 0 Å². The summed E-state index contributed by atoms with van der Waals surface area (Å²) in [4.78, 5) is 12.9. The molecule has 3 N–H and O–H groups in total. The van der Waals surface area contributed by atoms with E-state index >= 15 is 0 Å². The minimum absolute atomic E-state index is 0.184. The summed E-state index contributed by atoms with van der Waals surface area (Å²) in [6, 6.07) is 12.0. The fraction of sp³-hybridized carbons (Fsp3) is 0.312. The Hall–Kier alpha value is -1.85. The standard InChI is InChI=1S/C16H21N3OS/c1-3-17-12(2)13-6-8-14(9-7-13)19-16(20)18-11-15-5-4-10-21-15/h4-10,12,17H,3,11H2,1-2H3,(H2,18,19,20). The largest absolute Gasteiger partial charge is 0.333 e. The zero-order valence-electron chi connectivity index (χ0n) is 12.3. The van der Waals surface area contributed by atoms with Gasteiger partial charge in [0, 0.05) is 16.6 Å². The molecule has 0 spiro atoms. The van der Waals surface area contributed by atoms with Crippen LogP contribution in [0.5, 0.6) is 0 Å². The number of urea groups is 1. The van der Waals surface area contributed by atoms with Gasteiger partial charge in [0.2, 0.25) is 0 Å². The number of anilines is 1. The lowest BCUT2D eigenvalue weighted by Gasteiger charge is -2.13. The van der Waals surface area contributed by atoms with Gasteiger partial charge in [-0.3, -0.25) is 0 Å². The zero-order chi connectivity index (χ0) is 15.1. The van der Waals surface area contributed by atoms with Crippen LogP contribution in [-0.2, 0) is 6.54 Å². The molecule has 2 amide bonds. The van der Waals surface area contributed by atoms with Crippen molar-refractivity contribution in [3.63, 3.8) is 0 Å². The number of nitrogens with one attached hydrogen (secondary N) is 3. The third kappa shape index (κ3) is 4.88. The van der Waals surface area contributed by atoms with E-state index in [1.54, 1.807) is 11.3 Å². The highest BCUT2D eigenvalue weighted by atomic mass is 32.1. The van der Waals surface area contributed by atoms with Crippen molar-refractivity contribution < 1.29 is 4.79 Å². The molecular weight excluding hydrogens is 282 g/mol. The molecule has 0 aliphatic rings. The molecular formula is C16H21N3OS. The molecule has 4 nitrogen and oxygen atoms in total. The van der Waals surface area contributed by atoms with Gasteiger partial charge in [0.25, 0.3) is 0 Å². The molecule has 0 radical (unpaired) electrons. The molecule has 112 valence electrons. The summed E-state index contributed by atoms with van der Waals surface area (Å²) in [7, 11) is 0. The van der Waals surface area contributed by atoms with Crippen molar-refractivity contribution in [1.82, 2.24) is 10.6 Å². The summed E-state index contributed by atoms with van der Waals surface area (Å²) >= 11 is 1.63. The highest BCUT2D eigenvalue weighted by molar-refractivity contribution is 7.09. The fourth-order valence-electron chi connectivity index (χ4n) is 2.04. The van der Waals surface area contributed by atoms with Gasteiger partial charge in [-0.25, -0.2) is 4.79 Å². The second-order valence-corrected chi connectivity index (χ2v) is 5.82. The van der Waals surface area contributed by atoms with Crippen LogP contribution in [0.15, 0.2) is 41.8 Å². The topological polar surface area (TPSA) is 53.2 Å². The average Bonchev–Trinajstić information content (AvgIpc) is 2.99.